The van der Waals surface area contributed by atoms with Gasteiger partial charge in [0, 0.05) is 28.6 Å². The molecule has 0 fully saturated rings. The zero-order chi connectivity index (χ0) is 22.8. The second-order valence-electron chi connectivity index (χ2n) is 7.42. The number of primary amides is 1. The molecule has 0 atom stereocenters. The van der Waals surface area contributed by atoms with E-state index in [1.54, 1.807) is 43.5 Å². The zero-order valence-electron chi connectivity index (χ0n) is 17.7. The average Bonchev–Trinajstić information content (AvgIpc) is 3.23. The maximum absolute atomic E-state index is 11.6. The van der Waals surface area contributed by atoms with Gasteiger partial charge in [-0.25, -0.2) is 4.79 Å². The lowest BCUT2D eigenvalue weighted by atomic mass is 9.96. The quantitative estimate of drug-likeness (QED) is 0.457. The van der Waals surface area contributed by atoms with Crippen LogP contribution in [0.1, 0.15) is 26.3 Å². The molecule has 3 N–H and O–H groups in total. The largest absolute Gasteiger partial charge is 0.497 e. The van der Waals surface area contributed by atoms with Crippen LogP contribution in [0.3, 0.4) is 0 Å². The predicted molar refractivity (Wildman–Crippen MR) is 123 cm³/mol. The molecule has 0 aliphatic carbocycles. The van der Waals surface area contributed by atoms with Crippen molar-refractivity contribution in [2.45, 2.75) is 6.92 Å². The Morgan fingerprint density at radius 2 is 1.53 bits per heavy atom. The summed E-state index contributed by atoms with van der Waals surface area (Å²) in [5, 5.41) is 9.23. The molecule has 160 valence electrons. The maximum atomic E-state index is 11.6. The molecule has 1 heterocycles. The number of benzene rings is 3. The highest BCUT2D eigenvalue weighted by Crippen LogP contribution is 2.37. The number of nitrogens with zero attached hydrogens (tertiary/aromatic N) is 1. The van der Waals surface area contributed by atoms with E-state index < -0.39 is 11.9 Å². The Bertz CT molecular complexity index is 1300. The summed E-state index contributed by atoms with van der Waals surface area (Å²) in [5.41, 5.74) is 11.7. The smallest absolute Gasteiger partial charge is 0.335 e. The first-order chi connectivity index (χ1) is 15.4. The zero-order valence-corrected chi connectivity index (χ0v) is 17.7. The number of aromatic nitrogens is 1. The van der Waals surface area contributed by atoms with E-state index in [0.29, 0.717) is 5.56 Å². The van der Waals surface area contributed by atoms with Crippen LogP contribution in [0.2, 0.25) is 0 Å². The number of amides is 1. The molecule has 1 aromatic heterocycles. The van der Waals surface area contributed by atoms with E-state index in [1.807, 2.05) is 54.1 Å². The summed E-state index contributed by atoms with van der Waals surface area (Å²) in [5.74, 6) is -0.684. The molecule has 0 saturated heterocycles. The van der Waals surface area contributed by atoms with Crippen molar-refractivity contribution in [3.8, 4) is 33.8 Å². The molecule has 6 nitrogen and oxygen atoms in total. The van der Waals surface area contributed by atoms with Crippen LogP contribution in [0, 0.1) is 6.92 Å². The molecular formula is C26H22N2O4. The van der Waals surface area contributed by atoms with Gasteiger partial charge in [-0.15, -0.1) is 0 Å². The summed E-state index contributed by atoms with van der Waals surface area (Å²) in [6.45, 7) is 1.93. The first kappa shape index (κ1) is 20.9. The van der Waals surface area contributed by atoms with Crippen LogP contribution in [-0.4, -0.2) is 28.7 Å². The van der Waals surface area contributed by atoms with Gasteiger partial charge < -0.3 is 20.1 Å². The minimum absolute atomic E-state index is 0.222. The third-order valence-electron chi connectivity index (χ3n) is 5.45. The van der Waals surface area contributed by atoms with Crippen molar-refractivity contribution in [1.82, 2.24) is 4.57 Å². The molecule has 4 aromatic rings. The molecular weight excluding hydrogens is 404 g/mol. The van der Waals surface area contributed by atoms with Gasteiger partial charge in [0.25, 0.3) is 0 Å². The normalized spacial score (nSPS) is 10.7. The molecule has 6 heteroatoms. The number of nitrogens with two attached hydrogens (primary N) is 1. The van der Waals surface area contributed by atoms with Crippen molar-refractivity contribution >= 4 is 11.9 Å². The van der Waals surface area contributed by atoms with Crippen molar-refractivity contribution < 1.29 is 19.4 Å². The molecule has 3 aromatic carbocycles. The lowest BCUT2D eigenvalue weighted by Gasteiger charge is -2.15. The number of rotatable bonds is 6. The van der Waals surface area contributed by atoms with Crippen molar-refractivity contribution in [2.75, 3.05) is 7.11 Å². The molecule has 0 bridgehead atoms. The number of hydrogen-bond donors (Lipinski definition) is 2. The van der Waals surface area contributed by atoms with E-state index in [9.17, 15) is 14.7 Å². The first-order valence-corrected chi connectivity index (χ1v) is 9.99. The lowest BCUT2D eigenvalue weighted by Crippen LogP contribution is -2.11. The van der Waals surface area contributed by atoms with Crippen molar-refractivity contribution in [3.63, 3.8) is 0 Å². The molecule has 0 aliphatic rings. The van der Waals surface area contributed by atoms with E-state index in [4.69, 9.17) is 10.5 Å². The number of carboxylic acids is 1. The average molecular weight is 426 g/mol. The summed E-state index contributed by atoms with van der Waals surface area (Å²) in [4.78, 5) is 22.9. The molecule has 4 rings (SSSR count). The number of methoxy groups -OCH3 is 1. The summed E-state index contributed by atoms with van der Waals surface area (Å²) in [7, 11) is 1.63. The van der Waals surface area contributed by atoms with Gasteiger partial charge in [0.2, 0.25) is 5.91 Å². The Hall–Kier alpha value is -4.32. The molecule has 0 saturated carbocycles. The van der Waals surface area contributed by atoms with Gasteiger partial charge in [0.05, 0.1) is 18.4 Å². The van der Waals surface area contributed by atoms with E-state index in [0.717, 1.165) is 39.4 Å². The Balaban J connectivity index is 1.92. The van der Waals surface area contributed by atoms with Gasteiger partial charge in [-0.1, -0.05) is 18.2 Å². The minimum atomic E-state index is -0.971. The highest BCUT2D eigenvalue weighted by molar-refractivity contribution is 5.94. The second-order valence-corrected chi connectivity index (χ2v) is 7.42. The number of hydrogen-bond acceptors (Lipinski definition) is 3. The highest BCUT2D eigenvalue weighted by Gasteiger charge is 2.17. The van der Waals surface area contributed by atoms with Crippen LogP contribution < -0.4 is 10.5 Å². The first-order valence-electron chi connectivity index (χ1n) is 9.99. The third-order valence-corrected chi connectivity index (χ3v) is 5.45. The van der Waals surface area contributed by atoms with E-state index in [1.165, 1.54) is 0 Å². The number of carboxylic acid groups (broad SMARTS) is 1. The van der Waals surface area contributed by atoms with Crippen LogP contribution in [0.5, 0.6) is 5.75 Å². The second kappa shape index (κ2) is 8.43. The summed E-state index contributed by atoms with van der Waals surface area (Å²) in [6.07, 6.45) is 1.95. The summed E-state index contributed by atoms with van der Waals surface area (Å²) < 4.78 is 7.29. The van der Waals surface area contributed by atoms with Gasteiger partial charge in [-0.3, -0.25) is 4.79 Å². The van der Waals surface area contributed by atoms with Crippen LogP contribution >= 0.6 is 0 Å². The van der Waals surface area contributed by atoms with Gasteiger partial charge in [0.1, 0.15) is 5.75 Å². The fraction of sp³-hybridized carbons (Fsp3) is 0.0769. The minimum Gasteiger partial charge on any atom is -0.497 e. The van der Waals surface area contributed by atoms with E-state index in [2.05, 4.69) is 0 Å². The van der Waals surface area contributed by atoms with E-state index >= 15 is 0 Å². The Kier molecular flexibility index (Phi) is 5.52. The number of ether oxygens (including phenoxy) is 1. The van der Waals surface area contributed by atoms with Gasteiger partial charge >= 0.3 is 5.97 Å². The number of aromatic carboxylic acids is 1. The summed E-state index contributed by atoms with van der Waals surface area (Å²) in [6, 6.07) is 21.9. The monoisotopic (exact) mass is 426 g/mol. The third kappa shape index (κ3) is 3.86. The number of aryl methyl sites for hydroxylation is 1. The van der Waals surface area contributed by atoms with Gasteiger partial charge in [0.15, 0.2) is 0 Å². The Labute approximate surface area is 185 Å². The van der Waals surface area contributed by atoms with Crippen LogP contribution in [-0.2, 0) is 0 Å². The van der Waals surface area contributed by atoms with Crippen molar-refractivity contribution in [2.24, 2.45) is 5.73 Å². The standard InChI is InChI=1S/C26H22N2O4/c1-16-15-19(25(27)29)7-12-22(16)24-23(17-5-10-21(32-2)11-6-17)13-14-28(24)20-8-3-18(4-9-20)26(30)31/h3-15H,1-2H3,(H2,27,29)(H,30,31). The molecule has 0 spiro atoms. The van der Waals surface area contributed by atoms with E-state index in [-0.39, 0.29) is 5.56 Å². The summed E-state index contributed by atoms with van der Waals surface area (Å²) >= 11 is 0. The van der Waals surface area contributed by atoms with Crippen LogP contribution in [0.25, 0.3) is 28.1 Å². The van der Waals surface area contributed by atoms with Crippen molar-refractivity contribution in [1.29, 1.82) is 0 Å². The fourth-order valence-electron chi connectivity index (χ4n) is 3.77. The Morgan fingerprint density at radius 3 is 2.09 bits per heavy atom. The fourth-order valence-corrected chi connectivity index (χ4v) is 3.77. The van der Waals surface area contributed by atoms with Crippen molar-refractivity contribution in [3.05, 3.63) is 95.7 Å². The highest BCUT2D eigenvalue weighted by atomic mass is 16.5. The lowest BCUT2D eigenvalue weighted by molar-refractivity contribution is 0.0696. The van der Waals surface area contributed by atoms with Gasteiger partial charge in [-0.2, -0.15) is 0 Å². The number of carbonyl (C=O) groups excluding carboxylic acids is 1. The predicted octanol–water partition coefficient (Wildman–Crippen LogP) is 4.93. The molecule has 0 unspecified atom stereocenters. The maximum Gasteiger partial charge on any atom is 0.335 e. The van der Waals surface area contributed by atoms with Crippen LogP contribution in [0.4, 0.5) is 0 Å². The molecule has 32 heavy (non-hydrogen) atoms. The molecule has 1 amide bonds. The molecule has 0 aliphatic heterocycles. The topological polar surface area (TPSA) is 94.6 Å². The SMILES string of the molecule is COc1ccc(-c2ccn(-c3ccc(C(=O)O)cc3)c2-c2ccc(C(N)=O)cc2C)cc1. The van der Waals surface area contributed by atoms with Gasteiger partial charge in [-0.05, 0) is 72.6 Å². The Morgan fingerprint density at radius 1 is 0.875 bits per heavy atom. The van der Waals surface area contributed by atoms with Crippen LogP contribution in [0.15, 0.2) is 79.0 Å². The molecule has 0 radical (unpaired) electrons. The number of carbonyl (C=O) groups is 2.